The number of pyridine rings is 1. The molecule has 262 valence electrons. The van der Waals surface area contributed by atoms with Crippen molar-refractivity contribution in [3.63, 3.8) is 0 Å². The summed E-state index contributed by atoms with van der Waals surface area (Å²) in [6.45, 7) is 0.189. The van der Waals surface area contributed by atoms with E-state index >= 15 is 0 Å². The van der Waals surface area contributed by atoms with Gasteiger partial charge in [0.15, 0.2) is 25.1 Å². The number of nitrogens with two attached hydrogens (primary N) is 1. The highest BCUT2D eigenvalue weighted by Crippen LogP contribution is 2.62. The zero-order valence-corrected chi connectivity index (χ0v) is 28.1. The van der Waals surface area contributed by atoms with Crippen molar-refractivity contribution in [1.82, 2.24) is 4.98 Å². The van der Waals surface area contributed by atoms with Crippen molar-refractivity contribution < 1.29 is 44.2 Å². The normalized spacial score (nSPS) is 22.1. The van der Waals surface area contributed by atoms with Gasteiger partial charge in [-0.05, 0) is 90.5 Å². The Morgan fingerprint density at radius 2 is 1.84 bits per heavy atom. The first-order valence-corrected chi connectivity index (χ1v) is 17.1. The van der Waals surface area contributed by atoms with Crippen LogP contribution in [0, 0.1) is 17.8 Å². The van der Waals surface area contributed by atoms with E-state index < -0.39 is 31.6 Å². The van der Waals surface area contributed by atoms with Gasteiger partial charge in [-0.15, -0.1) is 0 Å². The second-order valence-electron chi connectivity index (χ2n) is 13.9. The van der Waals surface area contributed by atoms with E-state index in [0.29, 0.717) is 40.6 Å². The molecule has 3 aromatic carbocycles. The van der Waals surface area contributed by atoms with Crippen LogP contribution in [0.3, 0.4) is 0 Å². The molecule has 6 N–H and O–H groups in total. The van der Waals surface area contributed by atoms with Crippen molar-refractivity contribution in [2.45, 2.75) is 62.9 Å². The maximum atomic E-state index is 12.2. The smallest absolute Gasteiger partial charge is 0.302 e. The number of rotatable bonds is 6. The maximum absolute atomic E-state index is 12.2. The van der Waals surface area contributed by atoms with Crippen LogP contribution >= 0.6 is 0 Å². The zero-order chi connectivity index (χ0) is 35.4. The predicted molar refractivity (Wildman–Crippen MR) is 185 cm³/mol. The standard InChI is InChI=1S/C40H38N2O9/c1-21(45)48-18-30-27-6-7-28-36-25(12-26(46)14-34(36)50-20-44)17-40-10-9-22(16-40)11-24-5-8-35(41)42-31(24)4-2-3-23-13-32(47)33(49-19-43)15-29(23)38(30)51-39(27)37(28)40/h5-8,12-15,22,30,38,43-44,46-47H,3,9-11,16-20H2,1H3,(H2,41,42). The van der Waals surface area contributed by atoms with Gasteiger partial charge >= 0.3 is 5.97 Å². The number of benzene rings is 3. The van der Waals surface area contributed by atoms with Gasteiger partial charge < -0.3 is 45.1 Å². The van der Waals surface area contributed by atoms with Crippen LogP contribution in [0.1, 0.15) is 77.3 Å². The SMILES string of the molecule is CC(=O)OCC1c2ccc3c4c2OC1c1cc(OCO)c(O)cc1CC#Cc1nc(N)ccc1CC1CCC4(Cc2cc(O)cc(OCO)c2-3)C1. The van der Waals surface area contributed by atoms with Crippen LogP contribution in [0.15, 0.2) is 48.5 Å². The second-order valence-corrected chi connectivity index (χ2v) is 13.9. The first-order chi connectivity index (χ1) is 24.7. The average Bonchev–Trinajstić information content (AvgIpc) is 3.66. The van der Waals surface area contributed by atoms with Crippen molar-refractivity contribution in [3.8, 4) is 51.7 Å². The van der Waals surface area contributed by atoms with E-state index in [1.54, 1.807) is 24.3 Å². The first-order valence-electron chi connectivity index (χ1n) is 17.1. The number of nitrogen functional groups attached to an aromatic ring is 1. The number of carbonyl (C=O) groups excluding carboxylic acids is 1. The number of hydrogen-bond acceptors (Lipinski definition) is 11. The molecule has 3 heterocycles. The van der Waals surface area contributed by atoms with E-state index in [-0.39, 0.29) is 41.6 Å². The summed E-state index contributed by atoms with van der Waals surface area (Å²) in [6.07, 6.45) is 3.48. The Balaban J connectivity index is 1.40. The van der Waals surface area contributed by atoms with Gasteiger partial charge in [0.25, 0.3) is 0 Å². The van der Waals surface area contributed by atoms with Crippen LogP contribution in [-0.2, 0) is 34.2 Å². The highest BCUT2D eigenvalue weighted by Gasteiger charge is 2.51. The molecule has 0 amide bonds. The van der Waals surface area contributed by atoms with E-state index in [2.05, 4.69) is 16.8 Å². The number of esters is 1. The van der Waals surface area contributed by atoms with Gasteiger partial charge in [-0.2, -0.15) is 0 Å². The summed E-state index contributed by atoms with van der Waals surface area (Å²) in [4.78, 5) is 16.8. The molecule has 1 spiro atoms. The molecule has 4 aliphatic rings. The average molecular weight is 691 g/mol. The van der Waals surface area contributed by atoms with Crippen LogP contribution in [0.25, 0.3) is 11.1 Å². The number of anilines is 1. The Labute approximate surface area is 294 Å². The van der Waals surface area contributed by atoms with Crippen molar-refractivity contribution in [2.75, 3.05) is 25.9 Å². The Hall–Kier alpha value is -5.44. The highest BCUT2D eigenvalue weighted by atomic mass is 16.6. The van der Waals surface area contributed by atoms with Crippen LogP contribution in [0.5, 0.6) is 28.7 Å². The zero-order valence-electron chi connectivity index (χ0n) is 28.1. The van der Waals surface area contributed by atoms with Gasteiger partial charge in [0.1, 0.15) is 41.5 Å². The molecule has 0 radical (unpaired) electrons. The minimum Gasteiger partial charge on any atom is -0.508 e. The molecule has 1 saturated carbocycles. The maximum Gasteiger partial charge on any atom is 0.302 e. The number of hydrogen-bond donors (Lipinski definition) is 5. The molecule has 2 aliphatic carbocycles. The fourth-order valence-electron chi connectivity index (χ4n) is 8.87. The molecule has 11 nitrogen and oxygen atoms in total. The quantitative estimate of drug-likeness (QED) is 0.106. The summed E-state index contributed by atoms with van der Waals surface area (Å²) in [5, 5.41) is 41.2. The van der Waals surface area contributed by atoms with E-state index in [4.69, 9.17) is 24.7 Å². The number of phenolic OH excluding ortho intramolecular Hbond substituents is 2. The third-order valence-electron chi connectivity index (χ3n) is 10.8. The van der Waals surface area contributed by atoms with Crippen LogP contribution < -0.4 is 19.9 Å². The molecule has 4 atom stereocenters. The molecule has 51 heavy (non-hydrogen) atoms. The highest BCUT2D eigenvalue weighted by molar-refractivity contribution is 5.84. The summed E-state index contributed by atoms with van der Waals surface area (Å²) in [5.74, 6) is 7.32. The van der Waals surface area contributed by atoms with Gasteiger partial charge in [0, 0.05) is 47.1 Å². The van der Waals surface area contributed by atoms with E-state index in [1.807, 2.05) is 18.2 Å². The summed E-state index contributed by atoms with van der Waals surface area (Å²) >= 11 is 0. The fraction of sp³-hybridized carbons (Fsp3) is 0.350. The number of phenols is 2. The van der Waals surface area contributed by atoms with Gasteiger partial charge in [0.05, 0.1) is 5.92 Å². The summed E-state index contributed by atoms with van der Waals surface area (Å²) in [5.41, 5.74) is 13.2. The van der Waals surface area contributed by atoms with E-state index in [1.165, 1.54) is 13.0 Å². The summed E-state index contributed by atoms with van der Waals surface area (Å²) < 4.78 is 23.9. The number of aliphatic hydroxyl groups is 2. The summed E-state index contributed by atoms with van der Waals surface area (Å²) in [7, 11) is 0. The molecule has 4 bridgehead atoms. The molecule has 4 unspecified atom stereocenters. The molecular formula is C40H38N2O9. The number of fused-ring (bicyclic) bond motifs is 7. The summed E-state index contributed by atoms with van der Waals surface area (Å²) in [6, 6.07) is 14.4. The van der Waals surface area contributed by atoms with Crippen molar-refractivity contribution >= 4 is 11.8 Å². The molecule has 8 rings (SSSR count). The van der Waals surface area contributed by atoms with Gasteiger partial charge in [-0.3, -0.25) is 4.79 Å². The lowest BCUT2D eigenvalue weighted by Crippen LogP contribution is -2.31. The van der Waals surface area contributed by atoms with Gasteiger partial charge in [-0.25, -0.2) is 4.98 Å². The van der Waals surface area contributed by atoms with E-state index in [9.17, 15) is 25.2 Å². The Kier molecular flexibility index (Phi) is 8.16. The predicted octanol–water partition coefficient (Wildman–Crippen LogP) is 4.92. The Morgan fingerprint density at radius 1 is 1.02 bits per heavy atom. The second kappa shape index (κ2) is 12.7. The first kappa shape index (κ1) is 32.7. The van der Waals surface area contributed by atoms with Gasteiger partial charge in [-0.1, -0.05) is 24.1 Å². The Bertz CT molecular complexity index is 2140. The van der Waals surface area contributed by atoms with Crippen molar-refractivity contribution in [2.24, 2.45) is 5.92 Å². The fourth-order valence-corrected chi connectivity index (χ4v) is 8.87. The minimum absolute atomic E-state index is 0.0313. The largest absolute Gasteiger partial charge is 0.508 e. The molecule has 11 heteroatoms. The van der Waals surface area contributed by atoms with Crippen molar-refractivity contribution in [1.29, 1.82) is 0 Å². The number of carbonyl (C=O) groups is 1. The number of aromatic nitrogens is 1. The van der Waals surface area contributed by atoms with E-state index in [0.717, 1.165) is 59.1 Å². The monoisotopic (exact) mass is 690 g/mol. The molecule has 1 fully saturated rings. The number of ether oxygens (including phenoxy) is 4. The topological polar surface area (TPSA) is 174 Å². The van der Waals surface area contributed by atoms with Crippen LogP contribution in [0.2, 0.25) is 0 Å². The van der Waals surface area contributed by atoms with Crippen LogP contribution in [-0.4, -0.2) is 51.6 Å². The molecule has 2 aliphatic heterocycles. The molecular weight excluding hydrogens is 652 g/mol. The molecule has 4 aromatic rings. The number of aliphatic hydroxyl groups excluding tert-OH is 2. The number of aromatic hydroxyl groups is 2. The third-order valence-corrected chi connectivity index (χ3v) is 10.8. The number of nitrogens with zero attached hydrogens (tertiary/aromatic N) is 1. The van der Waals surface area contributed by atoms with Crippen LogP contribution in [0.4, 0.5) is 5.82 Å². The minimum atomic E-state index is -0.681. The molecule has 1 aromatic heterocycles. The third kappa shape index (κ3) is 5.65. The Morgan fingerprint density at radius 3 is 2.65 bits per heavy atom. The molecule has 0 saturated heterocycles. The van der Waals surface area contributed by atoms with Gasteiger partial charge in [0.2, 0.25) is 0 Å². The lowest BCUT2D eigenvalue weighted by molar-refractivity contribution is -0.141. The lowest BCUT2D eigenvalue weighted by atomic mass is 9.65. The lowest BCUT2D eigenvalue weighted by Gasteiger charge is -2.39. The van der Waals surface area contributed by atoms with Crippen molar-refractivity contribution in [3.05, 3.63) is 87.6 Å².